The maximum absolute atomic E-state index is 11.4. The highest BCUT2D eigenvalue weighted by molar-refractivity contribution is 7.99. The first-order chi connectivity index (χ1) is 8.77. The van der Waals surface area contributed by atoms with Gasteiger partial charge in [0, 0.05) is 23.6 Å². The van der Waals surface area contributed by atoms with E-state index in [2.05, 4.69) is 4.98 Å². The molecule has 2 aliphatic heterocycles. The number of nitrogens with zero attached hydrogens (tertiary/aromatic N) is 2. The lowest BCUT2D eigenvalue weighted by molar-refractivity contribution is -0.141. The van der Waals surface area contributed by atoms with Crippen LogP contribution in [0.4, 0.5) is 0 Å². The standard InChI is InChI=1S/C13H18N2O2S/c16-13(17)11-5-1-4-10-7-14-12(15(10)11)9-3-2-6-18-8-9/h7,9,11H,1-6,8H2,(H,16,17). The summed E-state index contributed by atoms with van der Waals surface area (Å²) in [5.74, 6) is 3.07. The number of thioether (sulfide) groups is 1. The van der Waals surface area contributed by atoms with Gasteiger partial charge in [-0.05, 0) is 37.9 Å². The Labute approximate surface area is 111 Å². The number of aromatic nitrogens is 2. The molecule has 98 valence electrons. The second-order valence-electron chi connectivity index (χ2n) is 5.14. The van der Waals surface area contributed by atoms with E-state index >= 15 is 0 Å². The molecular weight excluding hydrogens is 248 g/mol. The molecule has 1 aromatic rings. The number of carboxylic acid groups (broad SMARTS) is 1. The van der Waals surface area contributed by atoms with E-state index in [0.717, 1.165) is 43.0 Å². The lowest BCUT2D eigenvalue weighted by Crippen LogP contribution is -2.28. The van der Waals surface area contributed by atoms with E-state index in [0.29, 0.717) is 5.92 Å². The summed E-state index contributed by atoms with van der Waals surface area (Å²) in [5.41, 5.74) is 1.11. The molecule has 2 atom stereocenters. The van der Waals surface area contributed by atoms with Gasteiger partial charge in [0.05, 0.1) is 0 Å². The molecule has 1 saturated heterocycles. The molecule has 1 N–H and O–H groups in total. The molecule has 0 aromatic carbocycles. The van der Waals surface area contributed by atoms with E-state index in [1.165, 1.54) is 12.2 Å². The molecule has 2 aliphatic rings. The zero-order valence-electron chi connectivity index (χ0n) is 10.3. The second-order valence-corrected chi connectivity index (χ2v) is 6.29. The highest BCUT2D eigenvalue weighted by Crippen LogP contribution is 2.35. The number of aryl methyl sites for hydroxylation is 1. The van der Waals surface area contributed by atoms with Gasteiger partial charge in [0.25, 0.3) is 0 Å². The summed E-state index contributed by atoms with van der Waals surface area (Å²) in [6.45, 7) is 0. The number of aliphatic carboxylic acids is 1. The Bertz CT molecular complexity index is 452. The summed E-state index contributed by atoms with van der Waals surface area (Å²) in [6.07, 6.45) is 6.93. The van der Waals surface area contributed by atoms with Crippen LogP contribution in [-0.2, 0) is 11.2 Å². The van der Waals surface area contributed by atoms with E-state index < -0.39 is 12.0 Å². The quantitative estimate of drug-likeness (QED) is 0.893. The first-order valence-electron chi connectivity index (χ1n) is 6.64. The third-order valence-corrected chi connectivity index (χ3v) is 5.15. The lowest BCUT2D eigenvalue weighted by Gasteiger charge is -2.28. The molecule has 0 aliphatic carbocycles. The molecule has 0 bridgehead atoms. The first-order valence-corrected chi connectivity index (χ1v) is 7.79. The molecule has 1 fully saturated rings. The van der Waals surface area contributed by atoms with Crippen molar-refractivity contribution < 1.29 is 9.90 Å². The van der Waals surface area contributed by atoms with Gasteiger partial charge >= 0.3 is 5.97 Å². The van der Waals surface area contributed by atoms with Crippen LogP contribution in [0.5, 0.6) is 0 Å². The number of carbonyl (C=O) groups is 1. The van der Waals surface area contributed by atoms with Gasteiger partial charge < -0.3 is 9.67 Å². The minimum atomic E-state index is -0.710. The summed E-state index contributed by atoms with van der Waals surface area (Å²) in [4.78, 5) is 15.9. The number of imidazole rings is 1. The first kappa shape index (κ1) is 12.1. The minimum Gasteiger partial charge on any atom is -0.480 e. The number of carboxylic acids is 1. The lowest BCUT2D eigenvalue weighted by atomic mass is 10.00. The molecular formula is C13H18N2O2S. The molecule has 5 heteroatoms. The Morgan fingerprint density at radius 3 is 3.06 bits per heavy atom. The van der Waals surface area contributed by atoms with Crippen LogP contribution in [-0.4, -0.2) is 32.1 Å². The maximum atomic E-state index is 11.4. The normalized spacial score (nSPS) is 27.8. The number of hydrogen-bond donors (Lipinski definition) is 1. The van der Waals surface area contributed by atoms with Gasteiger partial charge in [-0.3, -0.25) is 0 Å². The van der Waals surface area contributed by atoms with Gasteiger partial charge in [0.2, 0.25) is 0 Å². The van der Waals surface area contributed by atoms with Gasteiger partial charge in [0.15, 0.2) is 0 Å². The molecule has 3 heterocycles. The van der Waals surface area contributed by atoms with E-state index in [9.17, 15) is 9.90 Å². The topological polar surface area (TPSA) is 55.1 Å². The van der Waals surface area contributed by atoms with Gasteiger partial charge in [-0.1, -0.05) is 0 Å². The zero-order valence-corrected chi connectivity index (χ0v) is 11.2. The summed E-state index contributed by atoms with van der Waals surface area (Å²) in [7, 11) is 0. The fraction of sp³-hybridized carbons (Fsp3) is 0.692. The summed E-state index contributed by atoms with van der Waals surface area (Å²) < 4.78 is 2.02. The molecule has 0 saturated carbocycles. The Balaban J connectivity index is 1.96. The van der Waals surface area contributed by atoms with Gasteiger partial charge in [-0.25, -0.2) is 9.78 Å². The maximum Gasteiger partial charge on any atom is 0.326 e. The molecule has 2 unspecified atom stereocenters. The molecule has 18 heavy (non-hydrogen) atoms. The average molecular weight is 266 g/mol. The van der Waals surface area contributed by atoms with E-state index in [-0.39, 0.29) is 0 Å². The largest absolute Gasteiger partial charge is 0.480 e. The van der Waals surface area contributed by atoms with Crippen molar-refractivity contribution in [2.45, 2.75) is 44.1 Å². The third-order valence-electron chi connectivity index (χ3n) is 3.93. The molecule has 4 nitrogen and oxygen atoms in total. The third kappa shape index (κ3) is 2.05. The predicted molar refractivity (Wildman–Crippen MR) is 71.1 cm³/mol. The minimum absolute atomic E-state index is 0.391. The van der Waals surface area contributed by atoms with Crippen LogP contribution in [0.25, 0.3) is 0 Å². The van der Waals surface area contributed by atoms with Crippen LogP contribution in [0.3, 0.4) is 0 Å². The average Bonchev–Trinajstić information content (AvgIpc) is 2.83. The van der Waals surface area contributed by atoms with Crippen molar-refractivity contribution in [1.29, 1.82) is 0 Å². The van der Waals surface area contributed by atoms with Crippen LogP contribution in [0.2, 0.25) is 0 Å². The zero-order chi connectivity index (χ0) is 12.5. The van der Waals surface area contributed by atoms with Gasteiger partial charge in [0.1, 0.15) is 11.9 Å². The van der Waals surface area contributed by atoms with Crippen LogP contribution in [0.15, 0.2) is 6.20 Å². The van der Waals surface area contributed by atoms with Crippen molar-refractivity contribution in [3.63, 3.8) is 0 Å². The fourth-order valence-electron chi connectivity index (χ4n) is 3.04. The van der Waals surface area contributed by atoms with Crippen molar-refractivity contribution in [3.05, 3.63) is 17.7 Å². The summed E-state index contributed by atoms with van der Waals surface area (Å²) in [5, 5.41) is 9.37. The number of fused-ring (bicyclic) bond motifs is 1. The highest BCUT2D eigenvalue weighted by atomic mass is 32.2. The van der Waals surface area contributed by atoms with Crippen LogP contribution >= 0.6 is 11.8 Å². The van der Waals surface area contributed by atoms with Crippen molar-refractivity contribution in [3.8, 4) is 0 Å². The SMILES string of the molecule is O=C(O)C1CCCc2cnc(C3CCCSC3)n21. The Kier molecular flexibility index (Phi) is 3.33. The molecule has 0 spiro atoms. The van der Waals surface area contributed by atoms with E-state index in [4.69, 9.17) is 0 Å². The van der Waals surface area contributed by atoms with Crippen molar-refractivity contribution >= 4 is 17.7 Å². The van der Waals surface area contributed by atoms with Crippen LogP contribution in [0.1, 0.15) is 49.2 Å². The second kappa shape index (κ2) is 4.96. The molecule has 3 rings (SSSR count). The van der Waals surface area contributed by atoms with E-state index in [1.54, 1.807) is 0 Å². The summed E-state index contributed by atoms with van der Waals surface area (Å²) in [6, 6.07) is -0.391. The fourth-order valence-corrected chi connectivity index (χ4v) is 4.18. The Morgan fingerprint density at radius 2 is 2.33 bits per heavy atom. The molecule has 0 amide bonds. The highest BCUT2D eigenvalue weighted by Gasteiger charge is 2.31. The summed E-state index contributed by atoms with van der Waals surface area (Å²) >= 11 is 1.96. The Hall–Kier alpha value is -0.970. The Morgan fingerprint density at radius 1 is 1.44 bits per heavy atom. The molecule has 0 radical (unpaired) electrons. The number of rotatable bonds is 2. The smallest absolute Gasteiger partial charge is 0.326 e. The van der Waals surface area contributed by atoms with Crippen molar-refractivity contribution in [1.82, 2.24) is 9.55 Å². The van der Waals surface area contributed by atoms with Crippen molar-refractivity contribution in [2.75, 3.05) is 11.5 Å². The van der Waals surface area contributed by atoms with Crippen molar-refractivity contribution in [2.24, 2.45) is 0 Å². The molecule has 1 aromatic heterocycles. The number of hydrogen-bond acceptors (Lipinski definition) is 3. The monoisotopic (exact) mass is 266 g/mol. The van der Waals surface area contributed by atoms with Crippen LogP contribution < -0.4 is 0 Å². The van der Waals surface area contributed by atoms with Gasteiger partial charge in [-0.2, -0.15) is 11.8 Å². The van der Waals surface area contributed by atoms with Crippen LogP contribution in [0, 0.1) is 0 Å². The van der Waals surface area contributed by atoms with Gasteiger partial charge in [-0.15, -0.1) is 0 Å². The van der Waals surface area contributed by atoms with E-state index in [1.807, 2.05) is 22.5 Å². The predicted octanol–water partition coefficient (Wildman–Crippen LogP) is 2.46.